The highest BCUT2D eigenvalue weighted by molar-refractivity contribution is 7.09. The predicted octanol–water partition coefficient (Wildman–Crippen LogP) is 1.87. The van der Waals surface area contributed by atoms with E-state index in [1.165, 1.54) is 0 Å². The van der Waals surface area contributed by atoms with Crippen molar-refractivity contribution >= 4 is 17.2 Å². The lowest BCUT2D eigenvalue weighted by molar-refractivity contribution is -0.127. The standard InChI is InChI=1S/C13H21N3OS/c1-13(2,12-15-6-7-18-12)16-11(17)10-5-3-4-9(10)8-14/h6-7,9-10H,3-5,8,14H2,1-2H3,(H,16,17)/t9-,10-/m1/s1. The molecule has 0 unspecified atom stereocenters. The predicted molar refractivity (Wildman–Crippen MR) is 73.2 cm³/mol. The summed E-state index contributed by atoms with van der Waals surface area (Å²) in [5.74, 6) is 0.550. The van der Waals surface area contributed by atoms with Gasteiger partial charge in [0, 0.05) is 17.5 Å². The number of hydrogen-bond acceptors (Lipinski definition) is 4. The molecule has 1 saturated carbocycles. The van der Waals surface area contributed by atoms with Crippen molar-refractivity contribution in [2.75, 3.05) is 6.54 Å². The van der Waals surface area contributed by atoms with Crippen LogP contribution in [0.5, 0.6) is 0 Å². The second-order valence-corrected chi connectivity index (χ2v) is 6.38. The monoisotopic (exact) mass is 267 g/mol. The Bertz CT molecular complexity index is 402. The summed E-state index contributed by atoms with van der Waals surface area (Å²) in [4.78, 5) is 16.6. The molecule has 1 fully saturated rings. The van der Waals surface area contributed by atoms with E-state index >= 15 is 0 Å². The molecule has 18 heavy (non-hydrogen) atoms. The Labute approximate surface area is 112 Å². The van der Waals surface area contributed by atoms with Crippen LogP contribution in [0, 0.1) is 11.8 Å². The second-order valence-electron chi connectivity index (χ2n) is 5.48. The van der Waals surface area contributed by atoms with E-state index in [-0.39, 0.29) is 11.8 Å². The van der Waals surface area contributed by atoms with Crippen LogP contribution in [0.2, 0.25) is 0 Å². The minimum Gasteiger partial charge on any atom is -0.344 e. The summed E-state index contributed by atoms with van der Waals surface area (Å²) in [5.41, 5.74) is 5.33. The van der Waals surface area contributed by atoms with Crippen LogP contribution in [-0.2, 0) is 10.3 Å². The zero-order chi connectivity index (χ0) is 13.2. The molecule has 3 N–H and O–H groups in total. The van der Waals surface area contributed by atoms with Crippen LogP contribution in [0.15, 0.2) is 11.6 Å². The van der Waals surface area contributed by atoms with Crippen molar-refractivity contribution in [3.8, 4) is 0 Å². The fraction of sp³-hybridized carbons (Fsp3) is 0.692. The molecule has 0 aliphatic heterocycles. The molecular weight excluding hydrogens is 246 g/mol. The average molecular weight is 267 g/mol. The van der Waals surface area contributed by atoms with Gasteiger partial charge in [-0.3, -0.25) is 4.79 Å². The number of aromatic nitrogens is 1. The van der Waals surface area contributed by atoms with E-state index in [1.807, 2.05) is 19.2 Å². The quantitative estimate of drug-likeness (QED) is 0.875. The minimum absolute atomic E-state index is 0.0780. The number of rotatable bonds is 4. The lowest BCUT2D eigenvalue weighted by atomic mass is 9.94. The van der Waals surface area contributed by atoms with Gasteiger partial charge in [-0.05, 0) is 39.2 Å². The number of carbonyl (C=O) groups is 1. The number of amides is 1. The molecule has 1 aromatic heterocycles. The maximum absolute atomic E-state index is 12.3. The fourth-order valence-corrected chi connectivity index (χ4v) is 3.37. The van der Waals surface area contributed by atoms with Crippen LogP contribution in [-0.4, -0.2) is 17.4 Å². The van der Waals surface area contributed by atoms with Crippen molar-refractivity contribution in [2.24, 2.45) is 17.6 Å². The summed E-state index contributed by atoms with van der Waals surface area (Å²) in [6.07, 6.45) is 4.91. The van der Waals surface area contributed by atoms with E-state index in [4.69, 9.17) is 5.73 Å². The van der Waals surface area contributed by atoms with Crippen LogP contribution in [0.3, 0.4) is 0 Å². The van der Waals surface area contributed by atoms with Crippen LogP contribution in [0.1, 0.15) is 38.1 Å². The first-order valence-corrected chi connectivity index (χ1v) is 7.34. The van der Waals surface area contributed by atoms with Crippen LogP contribution in [0.25, 0.3) is 0 Å². The first kappa shape index (κ1) is 13.5. The van der Waals surface area contributed by atoms with Crippen molar-refractivity contribution in [3.05, 3.63) is 16.6 Å². The van der Waals surface area contributed by atoms with E-state index < -0.39 is 5.54 Å². The number of nitrogens with one attached hydrogen (secondary N) is 1. The molecule has 1 aliphatic rings. The zero-order valence-corrected chi connectivity index (χ0v) is 11.8. The first-order chi connectivity index (χ1) is 8.54. The van der Waals surface area contributed by atoms with E-state index in [0.717, 1.165) is 24.3 Å². The van der Waals surface area contributed by atoms with Gasteiger partial charge < -0.3 is 11.1 Å². The third-order valence-corrected chi connectivity index (χ3v) is 4.80. The molecule has 4 nitrogen and oxygen atoms in total. The Morgan fingerprint density at radius 3 is 3.00 bits per heavy atom. The topological polar surface area (TPSA) is 68.0 Å². The Balaban J connectivity index is 2.03. The van der Waals surface area contributed by atoms with Gasteiger partial charge >= 0.3 is 0 Å². The molecule has 1 aromatic rings. The van der Waals surface area contributed by atoms with Gasteiger partial charge in [-0.2, -0.15) is 0 Å². The van der Waals surface area contributed by atoms with Gasteiger partial charge in [0.2, 0.25) is 5.91 Å². The number of hydrogen-bond donors (Lipinski definition) is 2. The zero-order valence-electron chi connectivity index (χ0n) is 11.0. The van der Waals surface area contributed by atoms with Gasteiger partial charge in [-0.15, -0.1) is 11.3 Å². The van der Waals surface area contributed by atoms with Crippen LogP contribution < -0.4 is 11.1 Å². The fourth-order valence-electron chi connectivity index (χ4n) is 2.65. The highest BCUT2D eigenvalue weighted by atomic mass is 32.1. The molecule has 0 radical (unpaired) electrons. The van der Waals surface area contributed by atoms with Gasteiger partial charge in [0.25, 0.3) is 0 Å². The largest absolute Gasteiger partial charge is 0.344 e. The highest BCUT2D eigenvalue weighted by Crippen LogP contribution is 2.32. The molecule has 0 spiro atoms. The van der Waals surface area contributed by atoms with Crippen molar-refractivity contribution in [2.45, 2.75) is 38.6 Å². The van der Waals surface area contributed by atoms with E-state index in [2.05, 4.69) is 10.3 Å². The smallest absolute Gasteiger partial charge is 0.224 e. The third kappa shape index (κ3) is 2.72. The molecule has 0 saturated heterocycles. The Kier molecular flexibility index (Phi) is 4.02. The van der Waals surface area contributed by atoms with Crippen molar-refractivity contribution in [1.82, 2.24) is 10.3 Å². The van der Waals surface area contributed by atoms with Gasteiger partial charge in [-0.1, -0.05) is 6.42 Å². The SMILES string of the molecule is CC(C)(NC(=O)[C@@H]1CCC[C@@H]1CN)c1nccs1. The molecule has 1 heterocycles. The lowest BCUT2D eigenvalue weighted by Gasteiger charge is -2.27. The van der Waals surface area contributed by atoms with Gasteiger partial charge in [-0.25, -0.2) is 4.98 Å². The summed E-state index contributed by atoms with van der Waals surface area (Å²) < 4.78 is 0. The van der Waals surface area contributed by atoms with E-state index in [1.54, 1.807) is 17.5 Å². The molecular formula is C13H21N3OS. The molecule has 2 rings (SSSR count). The van der Waals surface area contributed by atoms with E-state index in [9.17, 15) is 4.79 Å². The maximum Gasteiger partial charge on any atom is 0.224 e. The lowest BCUT2D eigenvalue weighted by Crippen LogP contribution is -2.45. The highest BCUT2D eigenvalue weighted by Gasteiger charge is 2.35. The number of nitrogens with zero attached hydrogens (tertiary/aromatic N) is 1. The van der Waals surface area contributed by atoms with Gasteiger partial charge in [0.15, 0.2) is 0 Å². The Morgan fingerprint density at radius 1 is 1.61 bits per heavy atom. The van der Waals surface area contributed by atoms with Crippen molar-refractivity contribution in [1.29, 1.82) is 0 Å². The number of nitrogens with two attached hydrogens (primary N) is 1. The van der Waals surface area contributed by atoms with Gasteiger partial charge in [0.1, 0.15) is 5.01 Å². The molecule has 100 valence electrons. The number of thiazole rings is 1. The molecule has 0 aromatic carbocycles. The Hall–Kier alpha value is -0.940. The maximum atomic E-state index is 12.3. The molecule has 1 amide bonds. The van der Waals surface area contributed by atoms with Crippen molar-refractivity contribution < 1.29 is 4.79 Å². The summed E-state index contributed by atoms with van der Waals surface area (Å²) in [7, 11) is 0. The second kappa shape index (κ2) is 5.36. The molecule has 2 atom stereocenters. The third-order valence-electron chi connectivity index (χ3n) is 3.70. The Morgan fingerprint density at radius 2 is 2.39 bits per heavy atom. The molecule has 1 aliphatic carbocycles. The first-order valence-electron chi connectivity index (χ1n) is 6.46. The molecule has 5 heteroatoms. The average Bonchev–Trinajstić information content (AvgIpc) is 2.99. The summed E-state index contributed by atoms with van der Waals surface area (Å²) in [6, 6.07) is 0. The summed E-state index contributed by atoms with van der Waals surface area (Å²) >= 11 is 1.57. The van der Waals surface area contributed by atoms with Crippen LogP contribution in [0.4, 0.5) is 0 Å². The minimum atomic E-state index is -0.396. The molecule has 0 bridgehead atoms. The van der Waals surface area contributed by atoms with Gasteiger partial charge in [0.05, 0.1) is 5.54 Å². The normalized spacial score (nSPS) is 24.2. The number of carbonyl (C=O) groups excluding carboxylic acids is 1. The summed E-state index contributed by atoms with van der Waals surface area (Å²) in [6.45, 7) is 4.60. The van der Waals surface area contributed by atoms with E-state index in [0.29, 0.717) is 12.5 Å². The summed E-state index contributed by atoms with van der Waals surface area (Å²) in [5, 5.41) is 5.99. The van der Waals surface area contributed by atoms with Crippen LogP contribution >= 0.6 is 11.3 Å². The van der Waals surface area contributed by atoms with Crippen molar-refractivity contribution in [3.63, 3.8) is 0 Å².